The highest BCUT2D eigenvalue weighted by atomic mass is 30.0. The summed E-state index contributed by atoms with van der Waals surface area (Å²) in [4.78, 5) is 0. The van der Waals surface area contributed by atoms with Crippen molar-refractivity contribution in [3.8, 4) is 0 Å². The molecule has 11 fully saturated rings. The Morgan fingerprint density at radius 1 is 0.361 bits per heavy atom. The summed E-state index contributed by atoms with van der Waals surface area (Å²) in [5.74, 6) is 0. The molecule has 0 aromatic carbocycles. The summed E-state index contributed by atoms with van der Waals surface area (Å²) in [7, 11) is -7.29. The first kappa shape index (κ1) is 28.8. The summed E-state index contributed by atoms with van der Waals surface area (Å²) in [6, 6.07) is 3.31. The lowest BCUT2D eigenvalue weighted by Crippen LogP contribution is -2.88. The number of rotatable bonds is 0. The Bertz CT molecular complexity index is 797. The molecule has 0 amide bonds. The van der Waals surface area contributed by atoms with Gasteiger partial charge in [-0.15, -0.1) is 0 Å². The van der Waals surface area contributed by atoms with Crippen molar-refractivity contribution in [3.63, 3.8) is 0 Å². The van der Waals surface area contributed by atoms with Crippen molar-refractivity contribution < 1.29 is 0 Å². The summed E-state index contributed by atoms with van der Waals surface area (Å²) in [6.07, 6.45) is 19.5. The van der Waals surface area contributed by atoms with E-state index in [1.807, 2.05) is 0 Å². The normalized spacial score (nSPS) is 47.7. The van der Waals surface area contributed by atoms with E-state index in [4.69, 9.17) is 0 Å². The monoisotopic (exact) mass is 592 g/mol. The third-order valence-electron chi connectivity index (χ3n) is 17.0. The first-order valence-corrected chi connectivity index (χ1v) is 39.6. The fourth-order valence-electron chi connectivity index (χ4n) is 11.7. The quantitative estimate of drug-likeness (QED) is 0.245. The first-order valence-electron chi connectivity index (χ1n) is 16.2. The third kappa shape index (κ3) is 3.48. The van der Waals surface area contributed by atoms with Crippen molar-refractivity contribution >= 4 is 43.6 Å². The molecule has 5 heterocycles. The van der Waals surface area contributed by atoms with E-state index in [2.05, 4.69) is 78.6 Å². The molecule has 5 aliphatic heterocycles. The van der Waals surface area contributed by atoms with Gasteiger partial charge in [0.2, 0.25) is 0 Å². The van der Waals surface area contributed by atoms with Gasteiger partial charge in [0.1, 0.15) is 0 Å². The van der Waals surface area contributed by atoms with Crippen LogP contribution in [0.3, 0.4) is 0 Å². The largest absolute Gasteiger partial charge is 0.0735 e. The van der Waals surface area contributed by atoms with Crippen molar-refractivity contribution in [3.05, 3.63) is 0 Å². The predicted octanol–water partition coefficient (Wildman–Crippen LogP) is 10.3. The summed E-state index contributed by atoms with van der Waals surface area (Å²) >= 11 is 0. The van der Waals surface area contributed by atoms with Crippen molar-refractivity contribution in [2.75, 3.05) is 0 Å². The molecule has 208 valence electrons. The first-order chi connectivity index (χ1) is 16.2. The zero-order chi connectivity index (χ0) is 26.9. The van der Waals surface area contributed by atoms with Gasteiger partial charge in [0.15, 0.2) is 0 Å². The fourth-order valence-corrected chi connectivity index (χ4v) is 166. The average Bonchev–Trinajstić information content (AvgIpc) is 2.62. The van der Waals surface area contributed by atoms with Gasteiger partial charge in [0.05, 0.1) is 0 Å². The summed E-state index contributed by atoms with van der Waals surface area (Å²) in [5.41, 5.74) is 3.43. The van der Waals surface area contributed by atoms with Crippen LogP contribution in [0.25, 0.3) is 0 Å². The molecule has 11 rings (SSSR count). The highest BCUT2D eigenvalue weighted by Crippen LogP contribution is 2.92. The van der Waals surface area contributed by atoms with Crippen LogP contribution in [0.15, 0.2) is 0 Å². The van der Waals surface area contributed by atoms with Gasteiger partial charge in [-0.05, 0) is 73.0 Å². The molecule has 11 aliphatic rings. The maximum absolute atomic E-state index is 2.98. The molecule has 6 aliphatic carbocycles. The van der Waals surface area contributed by atoms with Crippen LogP contribution in [-0.2, 0) is 0 Å². The molecule has 6 saturated carbocycles. The van der Waals surface area contributed by atoms with Gasteiger partial charge in [-0.2, -0.15) is 0 Å². The maximum atomic E-state index is 2.98. The van der Waals surface area contributed by atoms with Crippen LogP contribution < -0.4 is 0 Å². The topological polar surface area (TPSA) is 0 Å². The van der Waals surface area contributed by atoms with E-state index in [1.54, 1.807) is 89.1 Å². The van der Waals surface area contributed by atoms with E-state index in [1.165, 1.54) is 0 Å². The third-order valence-corrected chi connectivity index (χ3v) is 139. The van der Waals surface area contributed by atoms with Crippen LogP contribution in [0.1, 0.15) is 77.0 Å². The molecule has 0 radical (unpaired) electrons. The second-order valence-corrected chi connectivity index (χ2v) is 85.0. The Kier molecular flexibility index (Phi) is 6.39. The smallest absolute Gasteiger partial charge is 0.0384 e. The Morgan fingerprint density at radius 2 is 0.639 bits per heavy atom. The van der Waals surface area contributed by atoms with Crippen LogP contribution >= 0.6 is 0 Å². The lowest BCUT2D eigenvalue weighted by Gasteiger charge is -2.88. The van der Waals surface area contributed by atoms with Crippen LogP contribution in [-0.4, -0.2) is 43.6 Å². The molecule has 0 aromatic heterocycles. The van der Waals surface area contributed by atoms with Gasteiger partial charge in [-0.1, -0.05) is 116 Å². The van der Waals surface area contributed by atoms with Crippen molar-refractivity contribution in [1.82, 2.24) is 0 Å². The lowest BCUT2D eigenvalue weighted by atomic mass is 9.16. The lowest BCUT2D eigenvalue weighted by molar-refractivity contribution is -0.385. The predicted molar refractivity (Wildman–Crippen MR) is 180 cm³/mol. The van der Waals surface area contributed by atoms with Crippen molar-refractivity contribution in [2.24, 2.45) is 21.7 Å². The Balaban J connectivity index is 1.38. The standard InChI is InChI=1S/C30H64Si6/c1-31(2)19-15-13-17-27-21-29(22-27,23-27)30-24-28(25-30,26-30)18-14-16-20-32(3,4)34(7,8)36(11,12)35(9,10)33(31,5)6/h13-26H2,1-12H3. The molecule has 6 heteroatoms. The SMILES string of the molecule is C[Si]1(C)CCCCC23CC(C2)(C3)C23CC(CCCC[Si](C)(C)[Si](C)(C)[Si](C)(C)[Si](C)(C)[Si]1(C)C)(C2)C3. The molecule has 0 N–H and O–H groups in total. The Labute approximate surface area is 232 Å². The van der Waals surface area contributed by atoms with Gasteiger partial charge in [-0.3, -0.25) is 0 Å². The van der Waals surface area contributed by atoms with Gasteiger partial charge in [-0.25, -0.2) is 0 Å². The minimum atomic E-state index is -1.25. The summed E-state index contributed by atoms with van der Waals surface area (Å²) < 4.78 is 0. The van der Waals surface area contributed by atoms with Crippen molar-refractivity contribution in [2.45, 2.75) is 168 Å². The van der Waals surface area contributed by atoms with Crippen LogP contribution in [0.4, 0.5) is 0 Å². The van der Waals surface area contributed by atoms with E-state index in [-0.39, 0.29) is 0 Å². The molecular formula is C30H64Si6. The molecule has 0 unspecified atom stereocenters. The van der Waals surface area contributed by atoms with Crippen molar-refractivity contribution in [1.29, 1.82) is 0 Å². The van der Waals surface area contributed by atoms with E-state index >= 15 is 0 Å². The van der Waals surface area contributed by atoms with Crippen LogP contribution in [0.5, 0.6) is 0 Å². The average molecular weight is 593 g/mol. The van der Waals surface area contributed by atoms with Gasteiger partial charge in [0.25, 0.3) is 0 Å². The second kappa shape index (κ2) is 7.98. The van der Waals surface area contributed by atoms with E-state index < -0.39 is 43.6 Å². The molecule has 0 aromatic rings. The molecule has 4 bridgehead atoms. The van der Waals surface area contributed by atoms with Gasteiger partial charge >= 0.3 is 0 Å². The molecule has 5 saturated heterocycles. The summed E-state index contributed by atoms with van der Waals surface area (Å²) in [5, 5.41) is 0. The molecular weight excluding hydrogens is 529 g/mol. The highest BCUT2D eigenvalue weighted by molar-refractivity contribution is 7.97. The molecule has 36 heavy (non-hydrogen) atoms. The minimum Gasteiger partial charge on any atom is -0.0735 e. The zero-order valence-electron chi connectivity index (χ0n) is 26.9. The Morgan fingerprint density at radius 3 is 0.917 bits per heavy atom. The summed E-state index contributed by atoms with van der Waals surface area (Å²) in [6.45, 7) is 35.3. The van der Waals surface area contributed by atoms with E-state index in [0.29, 0.717) is 0 Å². The second-order valence-electron chi connectivity index (χ2n) is 19.3. The number of hydrogen-bond donors (Lipinski definition) is 0. The molecule has 0 nitrogen and oxygen atoms in total. The number of hydrogen-bond acceptors (Lipinski definition) is 0. The zero-order valence-corrected chi connectivity index (χ0v) is 32.9. The Hall–Kier alpha value is 1.30. The van der Waals surface area contributed by atoms with Crippen LogP contribution in [0, 0.1) is 21.7 Å². The molecule has 0 spiro atoms. The highest BCUT2D eigenvalue weighted by Gasteiger charge is 2.83. The fraction of sp³-hybridized carbons (Fsp3) is 1.00. The van der Waals surface area contributed by atoms with E-state index in [9.17, 15) is 0 Å². The molecule has 0 atom stereocenters. The van der Waals surface area contributed by atoms with E-state index in [0.717, 1.165) is 21.7 Å². The maximum Gasteiger partial charge on any atom is 0.0384 e. The minimum absolute atomic E-state index is 0.844. The van der Waals surface area contributed by atoms with Crippen LogP contribution in [0.2, 0.25) is 90.7 Å². The van der Waals surface area contributed by atoms with Gasteiger partial charge in [0, 0.05) is 43.6 Å². The van der Waals surface area contributed by atoms with Gasteiger partial charge < -0.3 is 0 Å².